The number of sulfonamides is 1. The third kappa shape index (κ3) is 5.65. The Bertz CT molecular complexity index is 1000. The van der Waals surface area contributed by atoms with Gasteiger partial charge in [0.2, 0.25) is 10.0 Å². The second-order valence-corrected chi connectivity index (χ2v) is 9.56. The Balaban J connectivity index is 1.47. The Morgan fingerprint density at radius 1 is 0.967 bits per heavy atom. The predicted octanol–water partition coefficient (Wildman–Crippen LogP) is 2.21. The van der Waals surface area contributed by atoms with Gasteiger partial charge in [-0.05, 0) is 42.0 Å². The number of nitrogens with zero attached hydrogens (tertiary/aromatic N) is 2. The highest BCUT2D eigenvalue weighted by Crippen LogP contribution is 2.18. The van der Waals surface area contributed by atoms with Gasteiger partial charge in [0, 0.05) is 30.7 Å². The average molecular weight is 499 g/mol. The van der Waals surface area contributed by atoms with Gasteiger partial charge in [-0.15, -0.1) is 0 Å². The summed E-state index contributed by atoms with van der Waals surface area (Å²) in [5, 5.41) is 0. The Kier molecular flexibility index (Phi) is 7.22. The highest BCUT2D eigenvalue weighted by Gasteiger charge is 2.30. The summed E-state index contributed by atoms with van der Waals surface area (Å²) in [6.45, 7) is 0.198. The van der Waals surface area contributed by atoms with Gasteiger partial charge in [0.05, 0.1) is 11.3 Å². The van der Waals surface area contributed by atoms with E-state index in [0.29, 0.717) is 0 Å². The third-order valence-corrected chi connectivity index (χ3v) is 7.10. The van der Waals surface area contributed by atoms with Crippen LogP contribution in [0.1, 0.15) is 5.56 Å². The van der Waals surface area contributed by atoms with Crippen molar-refractivity contribution in [1.82, 2.24) is 9.21 Å². The molecule has 30 heavy (non-hydrogen) atoms. The summed E-state index contributed by atoms with van der Waals surface area (Å²) in [5.41, 5.74) is 0.773. The second kappa shape index (κ2) is 9.67. The zero-order valence-corrected chi connectivity index (χ0v) is 18.4. The van der Waals surface area contributed by atoms with Crippen LogP contribution in [0.15, 0.2) is 57.9 Å². The van der Waals surface area contributed by atoms with Crippen LogP contribution in [0.2, 0.25) is 0 Å². The molecule has 1 amide bonds. The molecule has 0 aromatic heterocycles. The molecule has 1 aliphatic heterocycles. The SMILES string of the molecule is O=C(Cc1ccc(Br)cc1)OCC(=O)N1CCN(S(=O)(=O)c2ccc(F)cc2)CC1. The Morgan fingerprint density at radius 3 is 2.17 bits per heavy atom. The van der Waals surface area contributed by atoms with Crippen LogP contribution in [0.25, 0.3) is 0 Å². The van der Waals surface area contributed by atoms with Crippen molar-refractivity contribution in [3.8, 4) is 0 Å². The number of hydrogen-bond acceptors (Lipinski definition) is 5. The van der Waals surface area contributed by atoms with Gasteiger partial charge >= 0.3 is 5.97 Å². The molecular weight excluding hydrogens is 479 g/mol. The van der Waals surface area contributed by atoms with E-state index in [0.717, 1.165) is 22.2 Å². The molecule has 3 rings (SSSR count). The van der Waals surface area contributed by atoms with Crippen molar-refractivity contribution in [3.63, 3.8) is 0 Å². The number of benzene rings is 2. The lowest BCUT2D eigenvalue weighted by Crippen LogP contribution is -2.51. The molecule has 0 N–H and O–H groups in total. The number of carbonyl (C=O) groups excluding carboxylic acids is 2. The fraction of sp³-hybridized carbons (Fsp3) is 0.300. The fourth-order valence-corrected chi connectivity index (χ4v) is 4.67. The minimum atomic E-state index is -3.75. The van der Waals surface area contributed by atoms with Crippen LogP contribution < -0.4 is 0 Å². The average Bonchev–Trinajstić information content (AvgIpc) is 2.74. The van der Waals surface area contributed by atoms with E-state index in [2.05, 4.69) is 15.9 Å². The lowest BCUT2D eigenvalue weighted by Gasteiger charge is -2.33. The summed E-state index contributed by atoms with van der Waals surface area (Å²) in [6.07, 6.45) is 0.0598. The molecule has 0 saturated carbocycles. The Labute approximate surface area is 182 Å². The van der Waals surface area contributed by atoms with Gasteiger partial charge in [-0.25, -0.2) is 12.8 Å². The van der Waals surface area contributed by atoms with Crippen molar-refractivity contribution in [2.24, 2.45) is 0 Å². The fourth-order valence-electron chi connectivity index (χ4n) is 2.99. The lowest BCUT2D eigenvalue weighted by molar-refractivity contribution is -0.152. The van der Waals surface area contributed by atoms with Gasteiger partial charge in [-0.2, -0.15) is 4.31 Å². The van der Waals surface area contributed by atoms with Gasteiger partial charge < -0.3 is 9.64 Å². The van der Waals surface area contributed by atoms with Crippen molar-refractivity contribution in [2.45, 2.75) is 11.3 Å². The molecule has 7 nitrogen and oxygen atoms in total. The maximum Gasteiger partial charge on any atom is 0.310 e. The van der Waals surface area contributed by atoms with E-state index in [9.17, 15) is 22.4 Å². The van der Waals surface area contributed by atoms with Crippen LogP contribution in [-0.4, -0.2) is 62.3 Å². The highest BCUT2D eigenvalue weighted by molar-refractivity contribution is 9.10. The standard InChI is InChI=1S/C20H20BrFN2O5S/c21-16-3-1-15(2-4-16)13-20(26)29-14-19(25)23-9-11-24(12-10-23)30(27,28)18-7-5-17(22)6-8-18/h1-8H,9-14H2. The van der Waals surface area contributed by atoms with Crippen LogP contribution in [0.4, 0.5) is 4.39 Å². The molecular formula is C20H20BrFN2O5S. The topological polar surface area (TPSA) is 84.0 Å². The first-order chi connectivity index (χ1) is 14.3. The molecule has 2 aromatic rings. The second-order valence-electron chi connectivity index (χ2n) is 6.70. The predicted molar refractivity (Wildman–Crippen MR) is 111 cm³/mol. The monoisotopic (exact) mass is 498 g/mol. The van der Waals surface area contributed by atoms with Crippen LogP contribution in [-0.2, 0) is 30.8 Å². The maximum absolute atomic E-state index is 13.0. The van der Waals surface area contributed by atoms with E-state index in [4.69, 9.17) is 4.74 Å². The molecule has 1 saturated heterocycles. The van der Waals surface area contributed by atoms with Crippen molar-refractivity contribution >= 4 is 37.8 Å². The summed E-state index contributed by atoms with van der Waals surface area (Å²) in [7, 11) is -3.75. The summed E-state index contributed by atoms with van der Waals surface area (Å²) >= 11 is 3.32. The van der Waals surface area contributed by atoms with Crippen molar-refractivity contribution in [1.29, 1.82) is 0 Å². The molecule has 1 aliphatic rings. The van der Waals surface area contributed by atoms with Crippen LogP contribution in [0.5, 0.6) is 0 Å². The van der Waals surface area contributed by atoms with E-state index in [1.54, 1.807) is 12.1 Å². The smallest absolute Gasteiger partial charge is 0.310 e. The molecule has 2 aromatic carbocycles. The Hall–Kier alpha value is -2.30. The normalized spacial score (nSPS) is 15.1. The molecule has 1 fully saturated rings. The molecule has 0 aliphatic carbocycles. The number of esters is 1. The lowest BCUT2D eigenvalue weighted by atomic mass is 10.2. The number of amides is 1. The van der Waals surface area contributed by atoms with Crippen LogP contribution >= 0.6 is 15.9 Å². The van der Waals surface area contributed by atoms with Crippen molar-refractivity contribution in [3.05, 3.63) is 64.4 Å². The van der Waals surface area contributed by atoms with Gasteiger partial charge in [-0.3, -0.25) is 9.59 Å². The summed E-state index contributed by atoms with van der Waals surface area (Å²) in [4.78, 5) is 25.7. The summed E-state index contributed by atoms with van der Waals surface area (Å²) in [6, 6.07) is 11.8. The number of piperazine rings is 1. The molecule has 160 valence electrons. The van der Waals surface area contributed by atoms with Gasteiger partial charge in [-0.1, -0.05) is 28.1 Å². The molecule has 0 atom stereocenters. The van der Waals surface area contributed by atoms with E-state index in [1.165, 1.54) is 21.3 Å². The van der Waals surface area contributed by atoms with Crippen molar-refractivity contribution in [2.75, 3.05) is 32.8 Å². The van der Waals surface area contributed by atoms with E-state index < -0.39 is 21.8 Å². The van der Waals surface area contributed by atoms with Gasteiger partial charge in [0.25, 0.3) is 5.91 Å². The molecule has 10 heteroatoms. The third-order valence-electron chi connectivity index (χ3n) is 4.66. The molecule has 0 unspecified atom stereocenters. The molecule has 0 radical (unpaired) electrons. The largest absolute Gasteiger partial charge is 0.455 e. The van der Waals surface area contributed by atoms with Crippen LogP contribution in [0, 0.1) is 5.82 Å². The van der Waals surface area contributed by atoms with E-state index >= 15 is 0 Å². The van der Waals surface area contributed by atoms with Gasteiger partial charge in [0.1, 0.15) is 5.82 Å². The Morgan fingerprint density at radius 2 is 1.57 bits per heavy atom. The maximum atomic E-state index is 13.0. The highest BCUT2D eigenvalue weighted by atomic mass is 79.9. The van der Waals surface area contributed by atoms with E-state index in [1.807, 2.05) is 12.1 Å². The quantitative estimate of drug-likeness (QED) is 0.570. The first kappa shape index (κ1) is 22.4. The summed E-state index contributed by atoms with van der Waals surface area (Å²) in [5.74, 6) is -1.40. The summed E-state index contributed by atoms with van der Waals surface area (Å²) < 4.78 is 45.5. The number of halogens is 2. The van der Waals surface area contributed by atoms with Crippen molar-refractivity contribution < 1.29 is 27.1 Å². The number of carbonyl (C=O) groups is 2. The zero-order valence-electron chi connectivity index (χ0n) is 16.0. The minimum absolute atomic E-state index is 0.00514. The number of rotatable bonds is 6. The first-order valence-corrected chi connectivity index (χ1v) is 11.4. The van der Waals surface area contributed by atoms with Gasteiger partial charge in [0.15, 0.2) is 6.61 Å². The van der Waals surface area contributed by atoms with E-state index in [-0.39, 0.29) is 50.0 Å². The minimum Gasteiger partial charge on any atom is -0.455 e. The number of hydrogen-bond donors (Lipinski definition) is 0. The molecule has 0 bridgehead atoms. The molecule has 0 spiro atoms. The number of ether oxygens (including phenoxy) is 1. The first-order valence-electron chi connectivity index (χ1n) is 9.19. The zero-order chi connectivity index (χ0) is 21.7. The van der Waals surface area contributed by atoms with Crippen LogP contribution in [0.3, 0.4) is 0 Å². The molecule has 1 heterocycles.